The maximum Gasteiger partial charge on any atom is 0.0661 e. The van der Waals surface area contributed by atoms with E-state index in [2.05, 4.69) is 21.1 Å². The lowest BCUT2D eigenvalue weighted by molar-refractivity contribution is -0.836. The molecule has 0 unspecified atom stereocenters. The van der Waals surface area contributed by atoms with Gasteiger partial charge in [-0.1, -0.05) is 19.8 Å². The average Bonchev–Trinajstić information content (AvgIpc) is 1.66. The molecule has 0 aliphatic heterocycles. The minimum absolute atomic E-state index is 0.0938. The monoisotopic (exact) mass is 133 g/mol. The molecule has 2 heteroatoms. The van der Waals surface area contributed by atoms with Crippen molar-refractivity contribution >= 4 is 0 Å². The zero-order chi connectivity index (χ0) is 7.70. The van der Waals surface area contributed by atoms with Crippen LogP contribution in [-0.4, -0.2) is 27.7 Å². The van der Waals surface area contributed by atoms with Gasteiger partial charge in [-0.15, -0.1) is 6.61 Å². The van der Waals surface area contributed by atoms with E-state index in [-0.39, 0.29) is 6.61 Å². The van der Waals surface area contributed by atoms with Crippen LogP contribution in [0, 0.1) is 0 Å². The molecule has 0 fully saturated rings. The largest absolute Gasteiger partial charge is 0.854 e. The summed E-state index contributed by atoms with van der Waals surface area (Å²) in [5.41, 5.74) is 0. The molecule has 0 aromatic rings. The fraction of sp³-hybridized carbons (Fsp3) is 1.00. The Balaban J connectivity index is 0. The standard InChI is InChI=1S/C4H9O.C3H9N/c1-2-3-4-5;1-4(2)3/h2-4H2,1H3;1-3H3/q-1;/p+1. The molecule has 1 N–H and O–H groups in total. The number of nitrogens with one attached hydrogen (secondary N) is 1. The highest BCUT2D eigenvalue weighted by Crippen LogP contribution is 1.76. The molecule has 0 rings (SSSR count). The predicted octanol–water partition coefficient (Wildman–Crippen LogP) is -1.09. The lowest BCUT2D eigenvalue weighted by Crippen LogP contribution is -3.02. The van der Waals surface area contributed by atoms with Crippen molar-refractivity contribution in [1.29, 1.82) is 0 Å². The fourth-order valence-electron chi connectivity index (χ4n) is 0.144. The van der Waals surface area contributed by atoms with Crippen LogP contribution in [0.5, 0.6) is 0 Å². The third-order valence-electron chi connectivity index (χ3n) is 0.498. The van der Waals surface area contributed by atoms with Gasteiger partial charge >= 0.3 is 0 Å². The normalized spacial score (nSPS) is 8.67. The van der Waals surface area contributed by atoms with E-state index in [0.717, 1.165) is 12.8 Å². The molecular formula is C7H19NO. The Morgan fingerprint density at radius 1 is 1.22 bits per heavy atom. The molecule has 0 aliphatic rings. The number of unbranched alkanes of at least 4 members (excludes halogenated alkanes) is 1. The Morgan fingerprint density at radius 2 is 1.56 bits per heavy atom. The van der Waals surface area contributed by atoms with Crippen molar-refractivity contribution in [3.8, 4) is 0 Å². The zero-order valence-corrected chi connectivity index (χ0v) is 7.03. The summed E-state index contributed by atoms with van der Waals surface area (Å²) >= 11 is 0. The van der Waals surface area contributed by atoms with E-state index < -0.39 is 0 Å². The van der Waals surface area contributed by atoms with Crippen LogP contribution in [0.4, 0.5) is 0 Å². The molecule has 58 valence electrons. The fourth-order valence-corrected chi connectivity index (χ4v) is 0.144. The molecule has 0 saturated heterocycles. The molecule has 0 saturated carbocycles. The number of quaternary nitrogens is 1. The van der Waals surface area contributed by atoms with Crippen LogP contribution in [0.2, 0.25) is 0 Å². The first-order valence-corrected chi connectivity index (χ1v) is 3.50. The SMILES string of the molecule is CCCC[O-].C[NH+](C)C. The number of hydrogen-bond donors (Lipinski definition) is 1. The van der Waals surface area contributed by atoms with Gasteiger partial charge < -0.3 is 10.0 Å². The average molecular weight is 133 g/mol. The molecule has 0 bridgehead atoms. The van der Waals surface area contributed by atoms with E-state index in [1.54, 1.807) is 0 Å². The molecular weight excluding hydrogens is 114 g/mol. The Hall–Kier alpha value is -0.0800. The van der Waals surface area contributed by atoms with Crippen molar-refractivity contribution in [1.82, 2.24) is 0 Å². The first-order valence-electron chi connectivity index (χ1n) is 3.50. The van der Waals surface area contributed by atoms with Gasteiger partial charge in [-0.05, 0) is 0 Å². The van der Waals surface area contributed by atoms with Gasteiger partial charge in [-0.2, -0.15) is 0 Å². The summed E-state index contributed by atoms with van der Waals surface area (Å²) in [6.45, 7) is 2.11. The van der Waals surface area contributed by atoms with Gasteiger partial charge in [-0.25, -0.2) is 0 Å². The topological polar surface area (TPSA) is 27.5 Å². The van der Waals surface area contributed by atoms with E-state index in [0.29, 0.717) is 0 Å². The number of hydrogen-bond acceptors (Lipinski definition) is 1. The van der Waals surface area contributed by atoms with Crippen LogP contribution in [0.25, 0.3) is 0 Å². The molecule has 0 aliphatic carbocycles. The van der Waals surface area contributed by atoms with E-state index in [4.69, 9.17) is 0 Å². The highest BCUT2D eigenvalue weighted by molar-refractivity contribution is 4.21. The van der Waals surface area contributed by atoms with E-state index >= 15 is 0 Å². The lowest BCUT2D eigenvalue weighted by Gasteiger charge is -1.94. The summed E-state index contributed by atoms with van der Waals surface area (Å²) in [7, 11) is 6.25. The van der Waals surface area contributed by atoms with Crippen molar-refractivity contribution in [2.24, 2.45) is 0 Å². The van der Waals surface area contributed by atoms with E-state index in [1.807, 2.05) is 6.92 Å². The van der Waals surface area contributed by atoms with Crippen LogP contribution >= 0.6 is 0 Å². The van der Waals surface area contributed by atoms with Crippen LogP contribution in [0.3, 0.4) is 0 Å². The molecule has 0 aromatic heterocycles. The summed E-state index contributed by atoms with van der Waals surface area (Å²) in [4.78, 5) is 1.42. The van der Waals surface area contributed by atoms with Crippen molar-refractivity contribution < 1.29 is 10.0 Å². The highest BCUT2D eigenvalue weighted by atomic mass is 16.2. The second-order valence-corrected chi connectivity index (χ2v) is 2.56. The van der Waals surface area contributed by atoms with Gasteiger partial charge in [0.2, 0.25) is 0 Å². The van der Waals surface area contributed by atoms with Crippen molar-refractivity contribution in [3.63, 3.8) is 0 Å². The van der Waals surface area contributed by atoms with Crippen molar-refractivity contribution in [2.45, 2.75) is 19.8 Å². The first kappa shape index (κ1) is 11.7. The maximum absolute atomic E-state index is 9.53. The molecule has 0 atom stereocenters. The molecule has 0 radical (unpaired) electrons. The predicted molar refractivity (Wildman–Crippen MR) is 38.5 cm³/mol. The Labute approximate surface area is 58.5 Å². The summed E-state index contributed by atoms with van der Waals surface area (Å²) in [6.07, 6.45) is 1.86. The second kappa shape index (κ2) is 10.8. The molecule has 0 heterocycles. The summed E-state index contributed by atoms with van der Waals surface area (Å²) in [6, 6.07) is 0. The van der Waals surface area contributed by atoms with Crippen molar-refractivity contribution in [2.75, 3.05) is 27.7 Å². The third-order valence-corrected chi connectivity index (χ3v) is 0.498. The zero-order valence-electron chi connectivity index (χ0n) is 7.03. The first-order chi connectivity index (χ1) is 4.15. The minimum Gasteiger partial charge on any atom is -0.854 e. The summed E-state index contributed by atoms with van der Waals surface area (Å²) in [5, 5.41) is 9.53. The number of rotatable bonds is 2. The summed E-state index contributed by atoms with van der Waals surface area (Å²) in [5.74, 6) is 0. The van der Waals surface area contributed by atoms with Gasteiger partial charge in [0.05, 0.1) is 21.1 Å². The Morgan fingerprint density at radius 3 is 1.56 bits per heavy atom. The van der Waals surface area contributed by atoms with Gasteiger partial charge in [0, 0.05) is 0 Å². The van der Waals surface area contributed by atoms with Gasteiger partial charge in [-0.3, -0.25) is 0 Å². The molecule has 9 heavy (non-hydrogen) atoms. The van der Waals surface area contributed by atoms with E-state index in [1.165, 1.54) is 4.90 Å². The lowest BCUT2D eigenvalue weighted by atomic mass is 10.4. The molecule has 2 nitrogen and oxygen atoms in total. The van der Waals surface area contributed by atoms with Gasteiger partial charge in [0.15, 0.2) is 0 Å². The van der Waals surface area contributed by atoms with Crippen LogP contribution in [0.15, 0.2) is 0 Å². The molecule has 0 aromatic carbocycles. The smallest absolute Gasteiger partial charge is 0.0661 e. The third kappa shape index (κ3) is 75.3. The highest BCUT2D eigenvalue weighted by Gasteiger charge is 1.61. The molecule has 0 spiro atoms. The van der Waals surface area contributed by atoms with E-state index in [9.17, 15) is 5.11 Å². The van der Waals surface area contributed by atoms with Crippen molar-refractivity contribution in [3.05, 3.63) is 0 Å². The van der Waals surface area contributed by atoms with Crippen LogP contribution in [0.1, 0.15) is 19.8 Å². The quantitative estimate of drug-likeness (QED) is 0.509. The maximum atomic E-state index is 9.53. The molecule has 0 amide bonds. The minimum atomic E-state index is 0.0938. The second-order valence-electron chi connectivity index (χ2n) is 2.56. The van der Waals surface area contributed by atoms with Crippen LogP contribution in [-0.2, 0) is 0 Å². The Bertz CT molecular complexity index is 33.1. The van der Waals surface area contributed by atoms with Gasteiger partial charge in [0.1, 0.15) is 0 Å². The van der Waals surface area contributed by atoms with Gasteiger partial charge in [0.25, 0.3) is 0 Å². The van der Waals surface area contributed by atoms with Crippen LogP contribution < -0.4 is 10.0 Å². The summed E-state index contributed by atoms with van der Waals surface area (Å²) < 4.78 is 0. The Kier molecular flexibility index (Phi) is 14.0.